The van der Waals surface area contributed by atoms with Gasteiger partial charge in [-0.05, 0) is 29.3 Å². The van der Waals surface area contributed by atoms with Crippen molar-refractivity contribution < 1.29 is 18.3 Å². The molecule has 0 unspecified atom stereocenters. The summed E-state index contributed by atoms with van der Waals surface area (Å²) in [6.45, 7) is 0. The summed E-state index contributed by atoms with van der Waals surface area (Å²) in [5, 5.41) is 10.9. The number of nitrogens with one attached hydrogen (secondary N) is 1. The van der Waals surface area contributed by atoms with E-state index in [4.69, 9.17) is 4.74 Å². The summed E-state index contributed by atoms with van der Waals surface area (Å²) in [5.41, 5.74) is 1.09. The minimum atomic E-state index is -0.523. The number of rotatable bonds is 7. The van der Waals surface area contributed by atoms with Crippen LogP contribution in [-0.4, -0.2) is 23.2 Å². The van der Waals surface area contributed by atoms with Crippen molar-refractivity contribution in [2.24, 2.45) is 0 Å². The molecule has 0 aliphatic heterocycles. The molecule has 0 atom stereocenters. The van der Waals surface area contributed by atoms with E-state index in [2.05, 4.69) is 15.5 Å². The topological polar surface area (TPSA) is 64.1 Å². The number of carbonyl (C=O) groups is 1. The third-order valence-corrected chi connectivity index (χ3v) is 5.56. The predicted octanol–water partition coefficient (Wildman–Crippen LogP) is 4.30. The van der Waals surface area contributed by atoms with Crippen LogP contribution >= 0.6 is 23.1 Å². The Labute approximate surface area is 162 Å². The molecule has 3 aromatic rings. The zero-order chi connectivity index (χ0) is 19.2. The summed E-state index contributed by atoms with van der Waals surface area (Å²) < 4.78 is 32.8. The van der Waals surface area contributed by atoms with E-state index < -0.39 is 5.82 Å². The molecule has 0 aliphatic rings. The van der Waals surface area contributed by atoms with Crippen LogP contribution in [-0.2, 0) is 17.0 Å². The SMILES string of the molecule is COc1ccc(CC(=O)Nc2nnc(SCc3ccccc3F)s2)cc1F. The van der Waals surface area contributed by atoms with Gasteiger partial charge in [0.2, 0.25) is 11.0 Å². The predicted molar refractivity (Wildman–Crippen MR) is 101 cm³/mol. The standard InChI is InChI=1S/C18H15F2N3O2S2/c1-25-15-7-6-11(8-14(15)20)9-16(24)21-17-22-23-18(27-17)26-10-12-4-2-3-5-13(12)19/h2-8H,9-10H2,1H3,(H,21,22,24). The molecule has 9 heteroatoms. The van der Waals surface area contributed by atoms with Crippen molar-refractivity contribution >= 4 is 34.1 Å². The summed E-state index contributed by atoms with van der Waals surface area (Å²) in [7, 11) is 1.38. The Morgan fingerprint density at radius 1 is 1.19 bits per heavy atom. The molecule has 27 heavy (non-hydrogen) atoms. The lowest BCUT2D eigenvalue weighted by Crippen LogP contribution is -2.14. The summed E-state index contributed by atoms with van der Waals surface area (Å²) in [4.78, 5) is 12.1. The Bertz CT molecular complexity index is 950. The zero-order valence-electron chi connectivity index (χ0n) is 14.2. The molecule has 0 radical (unpaired) electrons. The number of methoxy groups -OCH3 is 1. The molecular formula is C18H15F2N3O2S2. The number of ether oxygens (including phenoxy) is 1. The van der Waals surface area contributed by atoms with Crippen molar-refractivity contribution in [3.63, 3.8) is 0 Å². The number of thioether (sulfide) groups is 1. The van der Waals surface area contributed by atoms with Crippen molar-refractivity contribution in [2.75, 3.05) is 12.4 Å². The maximum Gasteiger partial charge on any atom is 0.230 e. The van der Waals surface area contributed by atoms with Gasteiger partial charge in [0.15, 0.2) is 15.9 Å². The van der Waals surface area contributed by atoms with Gasteiger partial charge in [0, 0.05) is 5.75 Å². The van der Waals surface area contributed by atoms with Gasteiger partial charge in [-0.2, -0.15) is 0 Å². The van der Waals surface area contributed by atoms with Crippen LogP contribution in [0.2, 0.25) is 0 Å². The number of hydrogen-bond acceptors (Lipinski definition) is 6. The van der Waals surface area contributed by atoms with Gasteiger partial charge < -0.3 is 10.1 Å². The molecule has 1 aromatic heterocycles. The monoisotopic (exact) mass is 407 g/mol. The van der Waals surface area contributed by atoms with Gasteiger partial charge in [-0.3, -0.25) is 4.79 Å². The van der Waals surface area contributed by atoms with E-state index in [1.54, 1.807) is 24.3 Å². The molecule has 0 fully saturated rings. The molecule has 0 bridgehead atoms. The Morgan fingerprint density at radius 2 is 2.00 bits per heavy atom. The van der Waals surface area contributed by atoms with E-state index >= 15 is 0 Å². The van der Waals surface area contributed by atoms with E-state index in [1.807, 2.05) is 0 Å². The smallest absolute Gasteiger partial charge is 0.230 e. The van der Waals surface area contributed by atoms with E-state index in [1.165, 1.54) is 48.4 Å². The first-order valence-electron chi connectivity index (χ1n) is 7.87. The number of benzene rings is 2. The van der Waals surface area contributed by atoms with Gasteiger partial charge in [-0.25, -0.2) is 8.78 Å². The van der Waals surface area contributed by atoms with Gasteiger partial charge in [0.1, 0.15) is 5.82 Å². The fourth-order valence-corrected chi connectivity index (χ4v) is 4.00. The van der Waals surface area contributed by atoms with Crippen molar-refractivity contribution in [2.45, 2.75) is 16.5 Å². The van der Waals surface area contributed by atoms with Gasteiger partial charge in [0.05, 0.1) is 13.5 Å². The maximum absolute atomic E-state index is 13.7. The maximum atomic E-state index is 13.7. The lowest BCUT2D eigenvalue weighted by molar-refractivity contribution is -0.115. The zero-order valence-corrected chi connectivity index (χ0v) is 15.9. The average molecular weight is 407 g/mol. The summed E-state index contributed by atoms with van der Waals surface area (Å²) in [5.74, 6) is -0.582. The largest absolute Gasteiger partial charge is 0.494 e. The first kappa shape index (κ1) is 19.2. The van der Waals surface area contributed by atoms with Crippen LogP contribution in [0, 0.1) is 11.6 Å². The van der Waals surface area contributed by atoms with Crippen molar-refractivity contribution in [1.29, 1.82) is 0 Å². The third kappa shape index (κ3) is 5.24. The fraction of sp³-hybridized carbons (Fsp3) is 0.167. The van der Waals surface area contributed by atoms with Crippen molar-refractivity contribution in [1.82, 2.24) is 10.2 Å². The third-order valence-electron chi connectivity index (χ3n) is 3.54. The fourth-order valence-electron chi connectivity index (χ4n) is 2.24. The first-order valence-corrected chi connectivity index (χ1v) is 9.67. The average Bonchev–Trinajstić information content (AvgIpc) is 3.08. The number of anilines is 1. The Kier molecular flexibility index (Phi) is 6.36. The van der Waals surface area contributed by atoms with Crippen molar-refractivity contribution in [3.05, 3.63) is 65.2 Å². The number of aromatic nitrogens is 2. The molecule has 1 amide bonds. The summed E-state index contributed by atoms with van der Waals surface area (Å²) in [6, 6.07) is 10.9. The first-order chi connectivity index (χ1) is 13.0. The molecule has 5 nitrogen and oxygen atoms in total. The van der Waals surface area contributed by atoms with E-state index in [0.717, 1.165) is 0 Å². The minimum absolute atomic E-state index is 0.00179. The molecular weight excluding hydrogens is 392 g/mol. The van der Waals surface area contributed by atoms with Crippen LogP contribution in [0.3, 0.4) is 0 Å². The molecule has 2 aromatic carbocycles. The van der Waals surface area contributed by atoms with Crippen LogP contribution in [0.1, 0.15) is 11.1 Å². The van der Waals surface area contributed by atoms with Gasteiger partial charge in [0.25, 0.3) is 0 Å². The van der Waals surface area contributed by atoms with Crippen LogP contribution in [0.4, 0.5) is 13.9 Å². The number of halogens is 2. The number of nitrogens with zero attached hydrogens (tertiary/aromatic N) is 2. The highest BCUT2D eigenvalue weighted by atomic mass is 32.2. The second kappa shape index (κ2) is 8.92. The quantitative estimate of drug-likeness (QED) is 0.467. The molecule has 0 aliphatic carbocycles. The minimum Gasteiger partial charge on any atom is -0.494 e. The van der Waals surface area contributed by atoms with Crippen LogP contribution in [0.15, 0.2) is 46.8 Å². The Balaban J connectivity index is 1.54. The van der Waals surface area contributed by atoms with Gasteiger partial charge in [-0.15, -0.1) is 10.2 Å². The second-order valence-electron chi connectivity index (χ2n) is 5.45. The van der Waals surface area contributed by atoms with E-state index in [9.17, 15) is 13.6 Å². The number of amides is 1. The van der Waals surface area contributed by atoms with Crippen LogP contribution < -0.4 is 10.1 Å². The second-order valence-corrected chi connectivity index (χ2v) is 7.65. The lowest BCUT2D eigenvalue weighted by Gasteiger charge is -2.05. The Hall–Kier alpha value is -2.52. The Morgan fingerprint density at radius 3 is 2.74 bits per heavy atom. The van der Waals surface area contributed by atoms with E-state index in [0.29, 0.717) is 26.4 Å². The highest BCUT2D eigenvalue weighted by molar-refractivity contribution is 8.00. The molecule has 1 N–H and O–H groups in total. The lowest BCUT2D eigenvalue weighted by atomic mass is 10.1. The molecule has 0 saturated heterocycles. The summed E-state index contributed by atoms with van der Waals surface area (Å²) >= 11 is 2.53. The number of carbonyl (C=O) groups excluding carboxylic acids is 1. The highest BCUT2D eigenvalue weighted by Gasteiger charge is 2.12. The van der Waals surface area contributed by atoms with Gasteiger partial charge >= 0.3 is 0 Å². The molecule has 0 saturated carbocycles. The highest BCUT2D eigenvalue weighted by Crippen LogP contribution is 2.29. The molecule has 140 valence electrons. The molecule has 3 rings (SSSR count). The number of hydrogen-bond donors (Lipinski definition) is 1. The van der Waals surface area contributed by atoms with Crippen molar-refractivity contribution in [3.8, 4) is 5.75 Å². The normalized spacial score (nSPS) is 10.6. The van der Waals surface area contributed by atoms with Crippen LogP contribution in [0.5, 0.6) is 5.75 Å². The van der Waals surface area contributed by atoms with Crippen LogP contribution in [0.25, 0.3) is 0 Å². The summed E-state index contributed by atoms with van der Waals surface area (Å²) in [6.07, 6.45) is -0.00179. The van der Waals surface area contributed by atoms with Gasteiger partial charge in [-0.1, -0.05) is 47.4 Å². The molecule has 0 spiro atoms. The molecule has 1 heterocycles. The van der Waals surface area contributed by atoms with E-state index in [-0.39, 0.29) is 23.9 Å².